The topological polar surface area (TPSA) is 125 Å². The Morgan fingerprint density at radius 3 is 2.69 bits per heavy atom. The third kappa shape index (κ3) is 3.57. The van der Waals surface area contributed by atoms with E-state index < -0.39 is 23.5 Å². The van der Waals surface area contributed by atoms with Crippen molar-refractivity contribution in [2.45, 2.75) is 24.8 Å². The number of hydrogen-bond acceptors (Lipinski definition) is 6. The number of nitrogens with one attached hydrogen (secondary N) is 2. The van der Waals surface area contributed by atoms with Crippen LogP contribution in [-0.4, -0.2) is 55.3 Å². The third-order valence-corrected chi connectivity index (χ3v) is 5.94. The number of benzene rings is 2. The number of hydrogen-bond donors (Lipinski definition) is 5. The third-order valence-electron chi connectivity index (χ3n) is 5.27. The molecule has 11 heteroatoms. The maximum Gasteiger partial charge on any atom is 0.176 e. The summed E-state index contributed by atoms with van der Waals surface area (Å²) in [7, 11) is 0. The molecule has 0 radical (unpaired) electrons. The first-order valence-electron chi connectivity index (χ1n) is 8.92. The van der Waals surface area contributed by atoms with Crippen LogP contribution >= 0.6 is 22.6 Å². The number of halogens is 3. The zero-order valence-electron chi connectivity index (χ0n) is 15.5. The first-order chi connectivity index (χ1) is 13.7. The molecule has 29 heavy (non-hydrogen) atoms. The average molecular weight is 517 g/mol. The molecule has 2 aromatic carbocycles. The summed E-state index contributed by atoms with van der Waals surface area (Å²) in [5.41, 5.74) is 3.15. The second kappa shape index (κ2) is 7.40. The van der Waals surface area contributed by atoms with E-state index in [1.165, 1.54) is 18.2 Å². The maximum absolute atomic E-state index is 15.2. The molecule has 154 valence electrons. The second-order valence-electron chi connectivity index (χ2n) is 7.38. The fourth-order valence-electron chi connectivity index (χ4n) is 3.36. The van der Waals surface area contributed by atoms with Gasteiger partial charge >= 0.3 is 0 Å². The van der Waals surface area contributed by atoms with Crippen LogP contribution in [0.2, 0.25) is 0 Å². The zero-order valence-corrected chi connectivity index (χ0v) is 17.6. The number of aromatic nitrogens is 3. The molecule has 0 spiro atoms. The van der Waals surface area contributed by atoms with E-state index in [-0.39, 0.29) is 47.1 Å². The summed E-state index contributed by atoms with van der Waals surface area (Å²) in [6.07, 6.45) is -1.24. The molecule has 1 saturated heterocycles. The summed E-state index contributed by atoms with van der Waals surface area (Å²) in [6.45, 7) is 2.14. The van der Waals surface area contributed by atoms with Crippen molar-refractivity contribution >= 4 is 45.0 Å². The van der Waals surface area contributed by atoms with E-state index >= 15 is 4.39 Å². The molecule has 1 aliphatic heterocycles. The SMILES string of the molecule is CC([NH3+])C1(O)CN(C(O)c2cc3n[nH]nc3c(F)c2Nc2ccc(I)cc2F)C1. The van der Waals surface area contributed by atoms with Gasteiger partial charge in [-0.05, 0) is 53.8 Å². The van der Waals surface area contributed by atoms with Gasteiger partial charge in [-0.25, -0.2) is 8.78 Å². The van der Waals surface area contributed by atoms with Crippen molar-refractivity contribution in [3.63, 3.8) is 0 Å². The molecule has 0 bridgehead atoms. The van der Waals surface area contributed by atoms with E-state index in [1.807, 2.05) is 22.6 Å². The van der Waals surface area contributed by atoms with Gasteiger partial charge in [-0.1, -0.05) is 0 Å². The van der Waals surface area contributed by atoms with Gasteiger partial charge in [0, 0.05) is 22.2 Å². The van der Waals surface area contributed by atoms with Gasteiger partial charge in [0.2, 0.25) is 0 Å². The highest BCUT2D eigenvalue weighted by atomic mass is 127. The number of rotatable bonds is 5. The Labute approximate surface area is 178 Å². The van der Waals surface area contributed by atoms with Gasteiger partial charge in [-0.2, -0.15) is 15.4 Å². The summed E-state index contributed by atoms with van der Waals surface area (Å²) < 4.78 is 30.2. The minimum Gasteiger partial charge on any atom is -0.381 e. The van der Waals surface area contributed by atoms with Crippen molar-refractivity contribution < 1.29 is 24.7 Å². The molecule has 8 nitrogen and oxygen atoms in total. The second-order valence-corrected chi connectivity index (χ2v) is 8.62. The van der Waals surface area contributed by atoms with Gasteiger partial charge in [0.15, 0.2) is 11.3 Å². The van der Waals surface area contributed by atoms with Crippen LogP contribution in [-0.2, 0) is 0 Å². The summed E-state index contributed by atoms with van der Waals surface area (Å²) in [5.74, 6) is -1.31. The maximum atomic E-state index is 15.2. The van der Waals surface area contributed by atoms with Gasteiger partial charge in [0.25, 0.3) is 0 Å². The lowest BCUT2D eigenvalue weighted by atomic mass is 9.86. The van der Waals surface area contributed by atoms with Crippen LogP contribution in [0.4, 0.5) is 20.2 Å². The number of aliphatic hydroxyl groups is 2. The number of fused-ring (bicyclic) bond motifs is 1. The Kier molecular flexibility index (Phi) is 5.19. The average Bonchev–Trinajstić information content (AvgIpc) is 3.11. The van der Waals surface area contributed by atoms with Crippen LogP contribution in [0, 0.1) is 15.2 Å². The minimum atomic E-state index is -1.24. The zero-order chi connectivity index (χ0) is 20.9. The number of aromatic amines is 1. The largest absolute Gasteiger partial charge is 0.381 e. The Bertz CT molecular complexity index is 1070. The van der Waals surface area contributed by atoms with E-state index in [0.29, 0.717) is 3.57 Å². The van der Waals surface area contributed by atoms with Crippen molar-refractivity contribution in [3.8, 4) is 0 Å². The molecule has 2 atom stereocenters. The van der Waals surface area contributed by atoms with Crippen LogP contribution in [0.3, 0.4) is 0 Å². The van der Waals surface area contributed by atoms with Crippen LogP contribution < -0.4 is 11.1 Å². The predicted molar refractivity (Wildman–Crippen MR) is 110 cm³/mol. The number of β-amino-alcohol motifs (C(OH)–C–C–N with tert-alkyl or cyclic N) is 1. The highest BCUT2D eigenvalue weighted by molar-refractivity contribution is 14.1. The van der Waals surface area contributed by atoms with Crippen molar-refractivity contribution in [1.82, 2.24) is 20.3 Å². The van der Waals surface area contributed by atoms with E-state index in [9.17, 15) is 14.6 Å². The fraction of sp³-hybridized carbons (Fsp3) is 0.333. The number of likely N-dealkylation sites (tertiary alicyclic amines) is 1. The molecule has 0 saturated carbocycles. The van der Waals surface area contributed by atoms with Gasteiger partial charge < -0.3 is 21.3 Å². The quantitative estimate of drug-likeness (QED) is 0.325. The first kappa shape index (κ1) is 20.3. The van der Waals surface area contributed by atoms with Crippen LogP contribution in [0.1, 0.15) is 18.7 Å². The lowest BCUT2D eigenvalue weighted by molar-refractivity contribution is -0.460. The van der Waals surface area contributed by atoms with E-state index in [4.69, 9.17) is 0 Å². The highest BCUT2D eigenvalue weighted by Gasteiger charge is 2.49. The van der Waals surface area contributed by atoms with Crippen molar-refractivity contribution in [2.24, 2.45) is 0 Å². The Balaban J connectivity index is 1.74. The molecule has 1 fully saturated rings. The van der Waals surface area contributed by atoms with Crippen LogP contribution in [0.15, 0.2) is 24.3 Å². The molecular weight excluding hydrogens is 497 g/mol. The standard InChI is InChI=1S/C18H19F2IN6O2/c1-8(22)18(29)6-27(7-18)17(28)10-5-13-16(25-26-24-13)14(20)15(10)23-12-3-2-9(21)4-11(12)19/h2-5,8,17,23,28-29H,6-7,22H2,1H3,(H,24,25,26)/p+1. The summed E-state index contributed by atoms with van der Waals surface area (Å²) in [6, 6.07) is 5.74. The summed E-state index contributed by atoms with van der Waals surface area (Å²) >= 11 is 1.98. The molecule has 2 unspecified atom stereocenters. The Hall–Kier alpha value is -1.93. The normalized spacial score (nSPS) is 18.4. The summed E-state index contributed by atoms with van der Waals surface area (Å²) in [4.78, 5) is 1.58. The number of anilines is 2. The van der Waals surface area contributed by atoms with Gasteiger partial charge in [0.1, 0.15) is 29.2 Å². The molecule has 1 aliphatic rings. The number of quaternary nitrogens is 1. The monoisotopic (exact) mass is 517 g/mol. The Morgan fingerprint density at radius 2 is 2.03 bits per heavy atom. The minimum absolute atomic E-state index is 0.0270. The number of aliphatic hydroxyl groups excluding tert-OH is 1. The first-order valence-corrected chi connectivity index (χ1v) is 10.00. The molecule has 0 aliphatic carbocycles. The lowest BCUT2D eigenvalue weighted by Crippen LogP contribution is -2.79. The highest BCUT2D eigenvalue weighted by Crippen LogP contribution is 2.38. The van der Waals surface area contributed by atoms with Crippen LogP contribution in [0.5, 0.6) is 0 Å². The molecule has 1 aromatic heterocycles. The Morgan fingerprint density at radius 1 is 1.31 bits per heavy atom. The molecular formula is C18H20F2IN6O2+. The molecule has 7 N–H and O–H groups in total. The smallest absolute Gasteiger partial charge is 0.176 e. The lowest BCUT2D eigenvalue weighted by Gasteiger charge is -2.49. The predicted octanol–water partition coefficient (Wildman–Crippen LogP) is 1.25. The fourth-order valence-corrected chi connectivity index (χ4v) is 3.81. The number of nitrogens with zero attached hydrogens (tertiary/aromatic N) is 3. The van der Waals surface area contributed by atoms with E-state index in [1.54, 1.807) is 17.9 Å². The van der Waals surface area contributed by atoms with Gasteiger partial charge in [-0.3, -0.25) is 4.90 Å². The van der Waals surface area contributed by atoms with Crippen LogP contribution in [0.25, 0.3) is 11.0 Å². The van der Waals surface area contributed by atoms with Crippen molar-refractivity contribution in [3.05, 3.63) is 45.0 Å². The molecule has 4 rings (SSSR count). The number of H-pyrrole nitrogens is 1. The van der Waals surface area contributed by atoms with E-state index in [0.717, 1.165) is 0 Å². The van der Waals surface area contributed by atoms with Crippen molar-refractivity contribution in [2.75, 3.05) is 18.4 Å². The van der Waals surface area contributed by atoms with Crippen molar-refractivity contribution in [1.29, 1.82) is 0 Å². The van der Waals surface area contributed by atoms with Gasteiger partial charge in [-0.15, -0.1) is 0 Å². The van der Waals surface area contributed by atoms with Gasteiger partial charge in [0.05, 0.1) is 11.4 Å². The molecule has 2 heterocycles. The van der Waals surface area contributed by atoms with E-state index in [2.05, 4.69) is 26.5 Å². The molecule has 0 amide bonds. The molecule has 3 aromatic rings. The summed E-state index contributed by atoms with van der Waals surface area (Å²) in [5, 5.41) is 34.1.